The lowest BCUT2D eigenvalue weighted by Crippen LogP contribution is -2.44. The molecule has 2 atom stereocenters. The minimum Gasteiger partial charge on any atom is -0.330 e. The van der Waals surface area contributed by atoms with Crippen molar-refractivity contribution in [2.75, 3.05) is 13.1 Å². The largest absolute Gasteiger partial charge is 0.330 e. The molecule has 88 valence electrons. The summed E-state index contributed by atoms with van der Waals surface area (Å²) in [6.07, 6.45) is 9.88. The molecule has 0 radical (unpaired) electrons. The SMILES string of the molecule is CCN(C1CC1)C1CCCCCC1CN. The molecular formula is C13H26N2. The molecule has 0 aliphatic heterocycles. The topological polar surface area (TPSA) is 29.3 Å². The third-order valence-corrected chi connectivity index (χ3v) is 4.23. The van der Waals surface area contributed by atoms with Crippen molar-refractivity contribution in [2.45, 2.75) is 64.0 Å². The van der Waals surface area contributed by atoms with Crippen LogP contribution in [0.5, 0.6) is 0 Å². The van der Waals surface area contributed by atoms with Gasteiger partial charge >= 0.3 is 0 Å². The first kappa shape index (κ1) is 11.4. The number of hydrogen-bond acceptors (Lipinski definition) is 2. The van der Waals surface area contributed by atoms with Gasteiger partial charge < -0.3 is 5.73 Å². The van der Waals surface area contributed by atoms with Crippen LogP contribution in [0, 0.1) is 5.92 Å². The molecule has 0 bridgehead atoms. The molecule has 0 saturated heterocycles. The molecule has 0 aromatic heterocycles. The molecule has 0 aromatic carbocycles. The van der Waals surface area contributed by atoms with E-state index in [9.17, 15) is 0 Å². The van der Waals surface area contributed by atoms with E-state index in [0.29, 0.717) is 0 Å². The average Bonchev–Trinajstić information content (AvgIpc) is 3.06. The zero-order chi connectivity index (χ0) is 10.7. The highest BCUT2D eigenvalue weighted by Gasteiger charge is 2.36. The van der Waals surface area contributed by atoms with Crippen LogP contribution in [-0.2, 0) is 0 Å². The fraction of sp³-hybridized carbons (Fsp3) is 1.00. The Balaban J connectivity index is 2.00. The fourth-order valence-electron chi connectivity index (χ4n) is 3.25. The monoisotopic (exact) mass is 210 g/mol. The van der Waals surface area contributed by atoms with E-state index in [1.807, 2.05) is 0 Å². The van der Waals surface area contributed by atoms with E-state index in [2.05, 4.69) is 11.8 Å². The predicted molar refractivity (Wildman–Crippen MR) is 64.8 cm³/mol. The summed E-state index contributed by atoms with van der Waals surface area (Å²) in [6, 6.07) is 1.71. The van der Waals surface area contributed by atoms with Crippen LogP contribution in [0.25, 0.3) is 0 Å². The maximum atomic E-state index is 5.95. The lowest BCUT2D eigenvalue weighted by molar-refractivity contribution is 0.134. The van der Waals surface area contributed by atoms with Crippen molar-refractivity contribution in [2.24, 2.45) is 11.7 Å². The average molecular weight is 210 g/mol. The van der Waals surface area contributed by atoms with E-state index in [-0.39, 0.29) is 0 Å². The van der Waals surface area contributed by atoms with Gasteiger partial charge in [-0.1, -0.05) is 26.2 Å². The van der Waals surface area contributed by atoms with Gasteiger partial charge in [-0.3, -0.25) is 4.90 Å². The van der Waals surface area contributed by atoms with Gasteiger partial charge in [-0.2, -0.15) is 0 Å². The minimum atomic E-state index is 0.771. The van der Waals surface area contributed by atoms with Crippen LogP contribution in [0.2, 0.25) is 0 Å². The van der Waals surface area contributed by atoms with Crippen LogP contribution in [0.3, 0.4) is 0 Å². The van der Waals surface area contributed by atoms with Gasteiger partial charge in [0.2, 0.25) is 0 Å². The second kappa shape index (κ2) is 5.31. The quantitative estimate of drug-likeness (QED) is 0.722. The highest BCUT2D eigenvalue weighted by Crippen LogP contribution is 2.34. The molecule has 2 nitrogen and oxygen atoms in total. The molecule has 2 saturated carbocycles. The second-order valence-electron chi connectivity index (χ2n) is 5.26. The standard InChI is InChI=1S/C13H26N2/c1-2-15(12-8-9-12)13-7-5-3-4-6-11(13)10-14/h11-13H,2-10,14H2,1H3. The van der Waals surface area contributed by atoms with Crippen molar-refractivity contribution in [3.8, 4) is 0 Å². The van der Waals surface area contributed by atoms with E-state index < -0.39 is 0 Å². The predicted octanol–water partition coefficient (Wildman–Crippen LogP) is 2.38. The summed E-state index contributed by atoms with van der Waals surface area (Å²) in [4.78, 5) is 2.75. The fourth-order valence-corrected chi connectivity index (χ4v) is 3.25. The highest BCUT2D eigenvalue weighted by molar-refractivity contribution is 4.91. The number of rotatable bonds is 4. The lowest BCUT2D eigenvalue weighted by Gasteiger charge is -2.35. The Kier molecular flexibility index (Phi) is 4.04. The molecule has 15 heavy (non-hydrogen) atoms. The van der Waals surface area contributed by atoms with Gasteiger partial charge in [-0.15, -0.1) is 0 Å². The van der Waals surface area contributed by atoms with Crippen molar-refractivity contribution in [1.29, 1.82) is 0 Å². The van der Waals surface area contributed by atoms with Crippen LogP contribution >= 0.6 is 0 Å². The molecule has 2 fully saturated rings. The van der Waals surface area contributed by atoms with Crippen molar-refractivity contribution in [3.05, 3.63) is 0 Å². The Morgan fingerprint density at radius 1 is 1.07 bits per heavy atom. The van der Waals surface area contributed by atoms with Gasteiger partial charge in [-0.05, 0) is 44.7 Å². The molecule has 2 unspecified atom stereocenters. The van der Waals surface area contributed by atoms with E-state index >= 15 is 0 Å². The van der Waals surface area contributed by atoms with E-state index in [1.165, 1.54) is 51.5 Å². The first-order chi connectivity index (χ1) is 7.36. The van der Waals surface area contributed by atoms with Gasteiger partial charge in [0.25, 0.3) is 0 Å². The van der Waals surface area contributed by atoms with Crippen LogP contribution in [0.15, 0.2) is 0 Å². The van der Waals surface area contributed by atoms with Crippen molar-refractivity contribution in [1.82, 2.24) is 4.90 Å². The normalized spacial score (nSPS) is 33.0. The second-order valence-corrected chi connectivity index (χ2v) is 5.26. The zero-order valence-corrected chi connectivity index (χ0v) is 10.1. The maximum Gasteiger partial charge on any atom is 0.0138 e. The first-order valence-corrected chi connectivity index (χ1v) is 6.82. The summed E-state index contributed by atoms with van der Waals surface area (Å²) in [5.41, 5.74) is 5.95. The summed E-state index contributed by atoms with van der Waals surface area (Å²) in [6.45, 7) is 4.44. The Hall–Kier alpha value is -0.0800. The Bertz CT molecular complexity index is 189. The Morgan fingerprint density at radius 2 is 1.80 bits per heavy atom. The third kappa shape index (κ3) is 2.73. The molecule has 2 aliphatic carbocycles. The molecule has 0 spiro atoms. The molecular weight excluding hydrogens is 184 g/mol. The summed E-state index contributed by atoms with van der Waals surface area (Å²) >= 11 is 0. The van der Waals surface area contributed by atoms with Crippen molar-refractivity contribution >= 4 is 0 Å². The number of nitrogens with two attached hydrogens (primary N) is 1. The van der Waals surface area contributed by atoms with Crippen molar-refractivity contribution < 1.29 is 0 Å². The molecule has 0 aromatic rings. The smallest absolute Gasteiger partial charge is 0.0138 e. The van der Waals surface area contributed by atoms with Gasteiger partial charge in [0.15, 0.2) is 0 Å². The van der Waals surface area contributed by atoms with Crippen molar-refractivity contribution in [3.63, 3.8) is 0 Å². The molecule has 2 heteroatoms. The van der Waals surface area contributed by atoms with E-state index in [4.69, 9.17) is 5.73 Å². The summed E-state index contributed by atoms with van der Waals surface area (Å²) < 4.78 is 0. The maximum absolute atomic E-state index is 5.95. The van der Waals surface area contributed by atoms with Gasteiger partial charge in [-0.25, -0.2) is 0 Å². The van der Waals surface area contributed by atoms with Crippen LogP contribution in [-0.4, -0.2) is 30.1 Å². The van der Waals surface area contributed by atoms with Crippen LogP contribution in [0.1, 0.15) is 51.9 Å². The lowest BCUT2D eigenvalue weighted by atomic mass is 9.93. The van der Waals surface area contributed by atoms with Gasteiger partial charge in [0.05, 0.1) is 0 Å². The highest BCUT2D eigenvalue weighted by atomic mass is 15.2. The first-order valence-electron chi connectivity index (χ1n) is 6.82. The van der Waals surface area contributed by atoms with Crippen LogP contribution < -0.4 is 5.73 Å². The van der Waals surface area contributed by atoms with E-state index in [0.717, 1.165) is 24.5 Å². The number of nitrogens with zero attached hydrogens (tertiary/aromatic N) is 1. The summed E-state index contributed by atoms with van der Waals surface area (Å²) in [5, 5.41) is 0. The molecule has 2 aliphatic rings. The molecule has 0 amide bonds. The third-order valence-electron chi connectivity index (χ3n) is 4.23. The van der Waals surface area contributed by atoms with E-state index in [1.54, 1.807) is 0 Å². The minimum absolute atomic E-state index is 0.771. The molecule has 2 N–H and O–H groups in total. The Labute approximate surface area is 94.2 Å². The van der Waals surface area contributed by atoms with Gasteiger partial charge in [0, 0.05) is 12.1 Å². The van der Waals surface area contributed by atoms with Crippen LogP contribution in [0.4, 0.5) is 0 Å². The molecule has 0 heterocycles. The summed E-state index contributed by atoms with van der Waals surface area (Å²) in [7, 11) is 0. The number of hydrogen-bond donors (Lipinski definition) is 1. The zero-order valence-electron chi connectivity index (χ0n) is 10.1. The van der Waals surface area contributed by atoms with Gasteiger partial charge in [0.1, 0.15) is 0 Å². The summed E-state index contributed by atoms with van der Waals surface area (Å²) in [5.74, 6) is 0.771. The molecule has 2 rings (SSSR count). The Morgan fingerprint density at radius 3 is 2.40 bits per heavy atom.